The van der Waals surface area contributed by atoms with Crippen LogP contribution in [0.15, 0.2) is 11.1 Å². The van der Waals surface area contributed by atoms with Crippen molar-refractivity contribution in [2.24, 2.45) is 0 Å². The molecule has 0 spiro atoms. The number of hydrogen-bond donors (Lipinski definition) is 2. The molecule has 1 aliphatic heterocycles. The van der Waals surface area contributed by atoms with E-state index in [9.17, 15) is 14.4 Å². The Bertz CT molecular complexity index is 496. The molecule has 0 aromatic carbocycles. The number of ether oxygens (including phenoxy) is 1. The van der Waals surface area contributed by atoms with Gasteiger partial charge in [-0.25, -0.2) is 9.59 Å². The number of urea groups is 1. The first kappa shape index (κ1) is 17.2. The van der Waals surface area contributed by atoms with E-state index in [1.807, 2.05) is 20.8 Å². The summed E-state index contributed by atoms with van der Waals surface area (Å²) in [5.41, 5.74) is -0.563. The number of aliphatic carboxylic acids is 1. The van der Waals surface area contributed by atoms with Gasteiger partial charge in [-0.15, -0.1) is 0 Å². The predicted octanol–water partition coefficient (Wildman–Crippen LogP) is 1.14. The van der Waals surface area contributed by atoms with Gasteiger partial charge in [0.25, 0.3) is 5.91 Å². The number of nitrogens with one attached hydrogen (secondary N) is 1. The van der Waals surface area contributed by atoms with Crippen molar-refractivity contribution in [1.29, 1.82) is 0 Å². The first-order chi connectivity index (χ1) is 9.53. The van der Waals surface area contributed by atoms with Gasteiger partial charge in [0.2, 0.25) is 0 Å². The molecule has 21 heavy (non-hydrogen) atoms. The summed E-state index contributed by atoms with van der Waals surface area (Å²) in [6.45, 7) is 9.01. The summed E-state index contributed by atoms with van der Waals surface area (Å²) in [6, 6.07) is -0.541. The lowest BCUT2D eigenvalue weighted by molar-refractivity contribution is -0.133. The topological polar surface area (TPSA) is 95.9 Å². The van der Waals surface area contributed by atoms with Crippen molar-refractivity contribution < 1.29 is 24.2 Å². The molecular formula is C14H22N2O5. The molecule has 1 atom stereocenters. The summed E-state index contributed by atoms with van der Waals surface area (Å²) >= 11 is 0. The van der Waals surface area contributed by atoms with Crippen molar-refractivity contribution in [3.05, 3.63) is 11.1 Å². The van der Waals surface area contributed by atoms with Gasteiger partial charge in [0.1, 0.15) is 0 Å². The minimum atomic E-state index is -1.18. The summed E-state index contributed by atoms with van der Waals surface area (Å²) in [5.74, 6) is -1.88. The first-order valence-electron chi connectivity index (χ1n) is 6.72. The standard InChI is InChI=1S/C14H22N2O5/c1-8-6-16(7-14(4,5)21-8)13(20)15-11(17)9(2)10(3)12(18)19/h8H,6-7H2,1-5H3,(H,18,19)(H,15,17,20). The molecule has 1 aliphatic rings. The van der Waals surface area contributed by atoms with Crippen LogP contribution in [0.25, 0.3) is 0 Å². The molecular weight excluding hydrogens is 276 g/mol. The van der Waals surface area contributed by atoms with E-state index >= 15 is 0 Å². The van der Waals surface area contributed by atoms with Crippen LogP contribution in [0, 0.1) is 0 Å². The molecule has 0 saturated carbocycles. The Balaban J connectivity index is 2.75. The van der Waals surface area contributed by atoms with Crippen LogP contribution in [-0.2, 0) is 14.3 Å². The van der Waals surface area contributed by atoms with Crippen molar-refractivity contribution in [3.63, 3.8) is 0 Å². The minimum Gasteiger partial charge on any atom is -0.478 e. The number of hydrogen-bond acceptors (Lipinski definition) is 4. The van der Waals surface area contributed by atoms with E-state index < -0.39 is 23.5 Å². The van der Waals surface area contributed by atoms with Crippen LogP contribution in [0.1, 0.15) is 34.6 Å². The Morgan fingerprint density at radius 1 is 1.24 bits per heavy atom. The zero-order chi connectivity index (χ0) is 16.4. The van der Waals surface area contributed by atoms with Crippen LogP contribution in [0.2, 0.25) is 0 Å². The van der Waals surface area contributed by atoms with E-state index in [1.54, 1.807) is 0 Å². The fraction of sp³-hybridized carbons (Fsp3) is 0.643. The van der Waals surface area contributed by atoms with E-state index in [-0.39, 0.29) is 17.3 Å². The van der Waals surface area contributed by atoms with E-state index in [0.717, 1.165) is 0 Å². The minimum absolute atomic E-state index is 0.0106. The lowest BCUT2D eigenvalue weighted by Gasteiger charge is -2.41. The Labute approximate surface area is 123 Å². The molecule has 0 bridgehead atoms. The number of carbonyl (C=O) groups is 3. The van der Waals surface area contributed by atoms with Gasteiger partial charge in [-0.2, -0.15) is 0 Å². The number of imide groups is 1. The second-order valence-electron chi connectivity index (χ2n) is 5.88. The molecule has 118 valence electrons. The molecule has 1 unspecified atom stereocenters. The highest BCUT2D eigenvalue weighted by atomic mass is 16.5. The lowest BCUT2D eigenvalue weighted by Crippen LogP contribution is -2.57. The number of carboxylic acid groups (broad SMARTS) is 1. The lowest BCUT2D eigenvalue weighted by atomic mass is 10.1. The van der Waals surface area contributed by atoms with E-state index in [0.29, 0.717) is 13.1 Å². The van der Waals surface area contributed by atoms with Crippen LogP contribution >= 0.6 is 0 Å². The van der Waals surface area contributed by atoms with Crippen molar-refractivity contribution in [1.82, 2.24) is 10.2 Å². The summed E-state index contributed by atoms with van der Waals surface area (Å²) in [4.78, 5) is 36.3. The smallest absolute Gasteiger partial charge is 0.331 e. The SMILES string of the molecule is CC(C(=O)O)=C(C)C(=O)NC(=O)N1CC(C)OC(C)(C)C1. The monoisotopic (exact) mass is 298 g/mol. The molecule has 7 heteroatoms. The summed E-state index contributed by atoms with van der Waals surface area (Å²) < 4.78 is 5.68. The highest BCUT2D eigenvalue weighted by molar-refractivity contribution is 6.07. The normalized spacial score (nSPS) is 22.3. The molecule has 7 nitrogen and oxygen atoms in total. The maximum absolute atomic E-state index is 12.1. The third kappa shape index (κ3) is 4.56. The van der Waals surface area contributed by atoms with Crippen molar-refractivity contribution in [2.75, 3.05) is 13.1 Å². The summed E-state index contributed by atoms with van der Waals surface area (Å²) in [7, 11) is 0. The number of amides is 3. The molecule has 1 heterocycles. The van der Waals surface area contributed by atoms with Crippen LogP contribution in [0.5, 0.6) is 0 Å². The second kappa shape index (κ2) is 6.26. The van der Waals surface area contributed by atoms with Crippen LogP contribution in [0.4, 0.5) is 4.79 Å². The van der Waals surface area contributed by atoms with Gasteiger partial charge < -0.3 is 14.7 Å². The van der Waals surface area contributed by atoms with Crippen molar-refractivity contribution in [3.8, 4) is 0 Å². The van der Waals surface area contributed by atoms with Gasteiger partial charge in [-0.05, 0) is 34.6 Å². The fourth-order valence-electron chi connectivity index (χ4n) is 2.21. The van der Waals surface area contributed by atoms with Crippen molar-refractivity contribution in [2.45, 2.75) is 46.3 Å². The Hall–Kier alpha value is -1.89. The predicted molar refractivity (Wildman–Crippen MR) is 75.7 cm³/mol. The largest absolute Gasteiger partial charge is 0.478 e. The molecule has 1 saturated heterocycles. The summed E-state index contributed by atoms with van der Waals surface area (Å²) in [5, 5.41) is 11.1. The third-order valence-electron chi connectivity index (χ3n) is 3.30. The van der Waals surface area contributed by atoms with Gasteiger partial charge in [-0.1, -0.05) is 0 Å². The summed E-state index contributed by atoms with van der Waals surface area (Å²) in [6.07, 6.45) is -0.132. The van der Waals surface area contributed by atoms with E-state index in [4.69, 9.17) is 9.84 Å². The Morgan fingerprint density at radius 2 is 1.81 bits per heavy atom. The highest BCUT2D eigenvalue weighted by Gasteiger charge is 2.34. The molecule has 3 amide bonds. The molecule has 0 aromatic heterocycles. The van der Waals surface area contributed by atoms with E-state index in [2.05, 4.69) is 5.32 Å². The average molecular weight is 298 g/mol. The van der Waals surface area contributed by atoms with Gasteiger partial charge in [0, 0.05) is 17.7 Å². The zero-order valence-corrected chi connectivity index (χ0v) is 13.0. The van der Waals surface area contributed by atoms with Crippen molar-refractivity contribution >= 4 is 17.9 Å². The third-order valence-corrected chi connectivity index (χ3v) is 3.30. The average Bonchev–Trinajstić information content (AvgIpc) is 2.34. The zero-order valence-electron chi connectivity index (χ0n) is 13.0. The van der Waals surface area contributed by atoms with Gasteiger partial charge >= 0.3 is 12.0 Å². The second-order valence-corrected chi connectivity index (χ2v) is 5.88. The van der Waals surface area contributed by atoms with Gasteiger partial charge in [0.15, 0.2) is 0 Å². The van der Waals surface area contributed by atoms with Gasteiger partial charge in [0.05, 0.1) is 18.2 Å². The first-order valence-corrected chi connectivity index (χ1v) is 6.72. The molecule has 2 N–H and O–H groups in total. The Kier molecular flexibility index (Phi) is 5.11. The van der Waals surface area contributed by atoms with Crippen LogP contribution < -0.4 is 5.32 Å². The van der Waals surface area contributed by atoms with Gasteiger partial charge in [-0.3, -0.25) is 10.1 Å². The molecule has 0 radical (unpaired) electrons. The number of carboxylic acids is 1. The maximum Gasteiger partial charge on any atom is 0.331 e. The fourth-order valence-corrected chi connectivity index (χ4v) is 2.21. The maximum atomic E-state index is 12.1. The Morgan fingerprint density at radius 3 is 2.29 bits per heavy atom. The number of rotatable bonds is 2. The van der Waals surface area contributed by atoms with Crippen LogP contribution in [-0.4, -0.2) is 52.7 Å². The number of morpholine rings is 1. The van der Waals surface area contributed by atoms with Crippen LogP contribution in [0.3, 0.4) is 0 Å². The van der Waals surface area contributed by atoms with E-state index in [1.165, 1.54) is 18.7 Å². The molecule has 1 fully saturated rings. The molecule has 0 aromatic rings. The number of carbonyl (C=O) groups excluding carboxylic acids is 2. The number of nitrogens with zero attached hydrogens (tertiary/aromatic N) is 1. The highest BCUT2D eigenvalue weighted by Crippen LogP contribution is 2.20. The molecule has 1 rings (SSSR count). The molecule has 0 aliphatic carbocycles. The quantitative estimate of drug-likeness (QED) is 0.745.